The number of hydrogen-bond donors (Lipinski definition) is 0. The van der Waals surface area contributed by atoms with Gasteiger partial charge in [-0.05, 0) is 30.9 Å². The van der Waals surface area contributed by atoms with Gasteiger partial charge in [0, 0.05) is 25.5 Å². The fourth-order valence-electron chi connectivity index (χ4n) is 2.25. The summed E-state index contributed by atoms with van der Waals surface area (Å²) in [5.74, 6) is 0.266. The van der Waals surface area contributed by atoms with E-state index in [9.17, 15) is 4.79 Å². The highest BCUT2D eigenvalue weighted by Gasteiger charge is 2.53. The molecule has 2 heterocycles. The van der Waals surface area contributed by atoms with Gasteiger partial charge in [0.15, 0.2) is 0 Å². The second-order valence-corrected chi connectivity index (χ2v) is 5.06. The lowest BCUT2D eigenvalue weighted by Gasteiger charge is -2.34. The van der Waals surface area contributed by atoms with Crippen LogP contribution < -0.4 is 0 Å². The fourth-order valence-corrected chi connectivity index (χ4v) is 2.42. The first kappa shape index (κ1) is 10.1. The first-order valence-electron chi connectivity index (χ1n) is 5.63. The number of likely N-dealkylation sites (tertiary alicyclic amines) is 1. The summed E-state index contributed by atoms with van der Waals surface area (Å²) >= 11 is 5.92. The maximum absolute atomic E-state index is 12.3. The van der Waals surface area contributed by atoms with Crippen molar-refractivity contribution in [3.05, 3.63) is 29.0 Å². The molecule has 0 radical (unpaired) electrons. The molecule has 0 aromatic carbocycles. The number of halogens is 1. The van der Waals surface area contributed by atoms with Crippen LogP contribution in [0.4, 0.5) is 0 Å². The summed E-state index contributed by atoms with van der Waals surface area (Å²) in [7, 11) is 0. The molecule has 0 spiro atoms. The molecule has 1 saturated heterocycles. The summed E-state index contributed by atoms with van der Waals surface area (Å²) in [6, 6.07) is 1.87. The summed E-state index contributed by atoms with van der Waals surface area (Å²) in [5, 5.41) is 0.611. The summed E-state index contributed by atoms with van der Waals surface area (Å²) < 4.78 is 0. The fraction of sp³-hybridized carbons (Fsp3) is 0.500. The standard InChI is InChI=1S/C12H13ClN2O/c13-10-6-9(7-14-8-10)12(2-3-12)11(16)15-4-1-5-15/h6-8H,1-5H2. The van der Waals surface area contributed by atoms with Crippen molar-refractivity contribution in [2.24, 2.45) is 0 Å². The van der Waals surface area contributed by atoms with Crippen molar-refractivity contribution < 1.29 is 4.79 Å². The van der Waals surface area contributed by atoms with Gasteiger partial charge in [-0.1, -0.05) is 11.6 Å². The third-order valence-electron chi connectivity index (χ3n) is 3.56. The molecule has 3 nitrogen and oxygen atoms in total. The molecule has 2 fully saturated rings. The monoisotopic (exact) mass is 236 g/mol. The van der Waals surface area contributed by atoms with Crippen LogP contribution in [0.15, 0.2) is 18.5 Å². The summed E-state index contributed by atoms with van der Waals surface area (Å²) in [4.78, 5) is 18.3. The van der Waals surface area contributed by atoms with E-state index >= 15 is 0 Å². The molecule has 16 heavy (non-hydrogen) atoms. The molecule has 0 N–H and O–H groups in total. The largest absolute Gasteiger partial charge is 0.342 e. The van der Waals surface area contributed by atoms with Gasteiger partial charge in [-0.3, -0.25) is 9.78 Å². The van der Waals surface area contributed by atoms with Gasteiger partial charge in [0.05, 0.1) is 10.4 Å². The number of hydrogen-bond acceptors (Lipinski definition) is 2. The maximum Gasteiger partial charge on any atom is 0.233 e. The van der Waals surface area contributed by atoms with E-state index in [-0.39, 0.29) is 11.3 Å². The Morgan fingerprint density at radius 3 is 2.62 bits per heavy atom. The Bertz CT molecular complexity index is 438. The number of pyridine rings is 1. The molecule has 1 aliphatic carbocycles. The highest BCUT2D eigenvalue weighted by molar-refractivity contribution is 6.30. The van der Waals surface area contributed by atoms with E-state index in [4.69, 9.17) is 11.6 Å². The molecule has 4 heteroatoms. The van der Waals surface area contributed by atoms with Gasteiger partial charge >= 0.3 is 0 Å². The zero-order chi connectivity index (χ0) is 11.2. The van der Waals surface area contributed by atoms with Gasteiger partial charge in [-0.2, -0.15) is 0 Å². The van der Waals surface area contributed by atoms with Crippen LogP contribution in [-0.4, -0.2) is 28.9 Å². The molecular formula is C12H13ClN2O. The third kappa shape index (κ3) is 1.42. The molecule has 0 unspecified atom stereocenters. The van der Waals surface area contributed by atoms with Gasteiger partial charge in [0.1, 0.15) is 0 Å². The van der Waals surface area contributed by atoms with Crippen LogP contribution in [0.25, 0.3) is 0 Å². The minimum atomic E-state index is -0.293. The van der Waals surface area contributed by atoms with E-state index < -0.39 is 0 Å². The summed E-state index contributed by atoms with van der Waals surface area (Å²) in [6.07, 6.45) is 6.39. The topological polar surface area (TPSA) is 33.2 Å². The minimum absolute atomic E-state index is 0.266. The van der Waals surface area contributed by atoms with Crippen LogP contribution in [0.2, 0.25) is 5.02 Å². The Kier molecular flexibility index (Phi) is 2.18. The number of carbonyl (C=O) groups excluding carboxylic acids is 1. The van der Waals surface area contributed by atoms with Crippen LogP contribution in [-0.2, 0) is 10.2 Å². The molecule has 0 bridgehead atoms. The number of amides is 1. The number of carbonyl (C=O) groups is 1. The van der Waals surface area contributed by atoms with Crippen LogP contribution >= 0.6 is 11.6 Å². The lowest BCUT2D eigenvalue weighted by Crippen LogP contribution is -2.47. The Labute approximate surface area is 99.4 Å². The normalized spacial score (nSPS) is 21.4. The Hall–Kier alpha value is -1.09. The average molecular weight is 237 g/mol. The maximum atomic E-state index is 12.3. The van der Waals surface area contributed by atoms with Gasteiger partial charge in [-0.15, -0.1) is 0 Å². The van der Waals surface area contributed by atoms with Gasteiger partial charge in [0.2, 0.25) is 5.91 Å². The second kappa shape index (κ2) is 3.45. The zero-order valence-corrected chi connectivity index (χ0v) is 9.70. The summed E-state index contributed by atoms with van der Waals surface area (Å²) in [6.45, 7) is 1.82. The predicted molar refractivity (Wildman–Crippen MR) is 61.4 cm³/mol. The molecule has 1 aromatic heterocycles. The van der Waals surface area contributed by atoms with E-state index in [1.165, 1.54) is 0 Å². The van der Waals surface area contributed by atoms with E-state index in [0.717, 1.165) is 37.9 Å². The number of aromatic nitrogens is 1. The lowest BCUT2D eigenvalue weighted by atomic mass is 9.94. The van der Waals surface area contributed by atoms with Crippen molar-refractivity contribution in [2.45, 2.75) is 24.7 Å². The average Bonchev–Trinajstić information content (AvgIpc) is 2.95. The Balaban J connectivity index is 1.90. The minimum Gasteiger partial charge on any atom is -0.342 e. The quantitative estimate of drug-likeness (QED) is 0.787. The van der Waals surface area contributed by atoms with E-state index in [0.29, 0.717) is 5.02 Å². The SMILES string of the molecule is O=C(N1CCC1)C1(c2cncc(Cl)c2)CC1. The van der Waals surface area contributed by atoms with Crippen molar-refractivity contribution in [1.29, 1.82) is 0 Å². The van der Waals surface area contributed by atoms with Crippen molar-refractivity contribution >= 4 is 17.5 Å². The molecule has 1 aliphatic heterocycles. The Morgan fingerprint density at radius 2 is 2.12 bits per heavy atom. The second-order valence-electron chi connectivity index (χ2n) is 4.62. The molecule has 3 rings (SSSR count). The molecule has 1 aromatic rings. The van der Waals surface area contributed by atoms with E-state index in [1.807, 2.05) is 11.0 Å². The molecule has 1 amide bonds. The van der Waals surface area contributed by atoms with Crippen LogP contribution in [0.1, 0.15) is 24.8 Å². The first-order chi connectivity index (χ1) is 7.72. The van der Waals surface area contributed by atoms with Gasteiger partial charge < -0.3 is 4.90 Å². The first-order valence-corrected chi connectivity index (χ1v) is 6.01. The van der Waals surface area contributed by atoms with E-state index in [2.05, 4.69) is 4.98 Å². The van der Waals surface area contributed by atoms with Crippen molar-refractivity contribution in [2.75, 3.05) is 13.1 Å². The zero-order valence-electron chi connectivity index (χ0n) is 8.95. The molecule has 84 valence electrons. The van der Waals surface area contributed by atoms with Gasteiger partial charge in [-0.25, -0.2) is 0 Å². The van der Waals surface area contributed by atoms with Crippen LogP contribution in [0.3, 0.4) is 0 Å². The molecule has 2 aliphatic rings. The smallest absolute Gasteiger partial charge is 0.233 e. The van der Waals surface area contributed by atoms with Crippen molar-refractivity contribution in [1.82, 2.24) is 9.88 Å². The molecular weight excluding hydrogens is 224 g/mol. The summed E-state index contributed by atoms with van der Waals surface area (Å²) in [5.41, 5.74) is 0.690. The van der Waals surface area contributed by atoms with Crippen molar-refractivity contribution in [3.63, 3.8) is 0 Å². The van der Waals surface area contributed by atoms with Crippen LogP contribution in [0, 0.1) is 0 Å². The highest BCUT2D eigenvalue weighted by atomic mass is 35.5. The predicted octanol–water partition coefficient (Wildman–Crippen LogP) is 2.00. The molecule has 1 saturated carbocycles. The van der Waals surface area contributed by atoms with Crippen LogP contribution in [0.5, 0.6) is 0 Å². The Morgan fingerprint density at radius 1 is 1.38 bits per heavy atom. The third-order valence-corrected chi connectivity index (χ3v) is 3.77. The van der Waals surface area contributed by atoms with E-state index in [1.54, 1.807) is 12.4 Å². The molecule has 0 atom stereocenters. The number of nitrogens with zero attached hydrogens (tertiary/aromatic N) is 2. The highest BCUT2D eigenvalue weighted by Crippen LogP contribution is 2.50. The number of rotatable bonds is 2. The van der Waals surface area contributed by atoms with Crippen molar-refractivity contribution in [3.8, 4) is 0 Å². The lowest BCUT2D eigenvalue weighted by molar-refractivity contribution is -0.137. The van der Waals surface area contributed by atoms with Gasteiger partial charge in [0.25, 0.3) is 0 Å².